The van der Waals surface area contributed by atoms with Gasteiger partial charge in [-0.1, -0.05) is 31.0 Å². The van der Waals surface area contributed by atoms with Crippen LogP contribution in [0.2, 0.25) is 0 Å². The van der Waals surface area contributed by atoms with Crippen molar-refractivity contribution in [3.05, 3.63) is 30.3 Å². The van der Waals surface area contributed by atoms with E-state index in [2.05, 4.69) is 41.0 Å². The van der Waals surface area contributed by atoms with Gasteiger partial charge in [0.15, 0.2) is 0 Å². The van der Waals surface area contributed by atoms with E-state index in [0.717, 1.165) is 32.5 Å². The van der Waals surface area contributed by atoms with E-state index < -0.39 is 0 Å². The first kappa shape index (κ1) is 18.6. The minimum absolute atomic E-state index is 0. The number of thioether (sulfide) groups is 1. The standard InChI is InChI=1S/C18H26N2OS.ClH/c21-17(15-8-12-19-13-9-15)20-14-18(10-4-5-11-18)22-16-6-2-1-3-7-16;/h1-3,6-7,15,19H,4-5,8-14H2,(H,20,21);1H. The van der Waals surface area contributed by atoms with Gasteiger partial charge in [0, 0.05) is 22.1 Å². The summed E-state index contributed by atoms with van der Waals surface area (Å²) in [6, 6.07) is 10.6. The van der Waals surface area contributed by atoms with Crippen molar-refractivity contribution in [2.24, 2.45) is 5.92 Å². The molecular formula is C18H27ClN2OS. The normalized spacial score (nSPS) is 20.7. The van der Waals surface area contributed by atoms with Crippen molar-refractivity contribution >= 4 is 30.1 Å². The van der Waals surface area contributed by atoms with E-state index in [-0.39, 0.29) is 29.0 Å². The van der Waals surface area contributed by atoms with Crippen LogP contribution in [0.3, 0.4) is 0 Å². The van der Waals surface area contributed by atoms with Crippen LogP contribution in [0, 0.1) is 5.92 Å². The van der Waals surface area contributed by atoms with Gasteiger partial charge in [-0.2, -0.15) is 0 Å². The maximum atomic E-state index is 12.4. The Labute approximate surface area is 149 Å². The molecule has 1 aliphatic carbocycles. The second-order valence-electron chi connectivity index (χ2n) is 6.55. The minimum atomic E-state index is 0. The van der Waals surface area contributed by atoms with Crippen LogP contribution < -0.4 is 10.6 Å². The molecular weight excluding hydrogens is 328 g/mol. The number of benzene rings is 1. The summed E-state index contributed by atoms with van der Waals surface area (Å²) < 4.78 is 0.198. The van der Waals surface area contributed by atoms with Crippen LogP contribution in [0.15, 0.2) is 35.2 Å². The highest BCUT2D eigenvalue weighted by atomic mass is 35.5. The fraction of sp³-hybridized carbons (Fsp3) is 0.611. The number of carbonyl (C=O) groups is 1. The summed E-state index contributed by atoms with van der Waals surface area (Å²) in [7, 11) is 0. The number of halogens is 1. The largest absolute Gasteiger partial charge is 0.354 e. The van der Waals surface area contributed by atoms with E-state index in [9.17, 15) is 4.79 Å². The molecule has 5 heteroatoms. The lowest BCUT2D eigenvalue weighted by Crippen LogP contribution is -2.43. The third-order valence-electron chi connectivity index (χ3n) is 4.89. The SMILES string of the molecule is Cl.O=C(NCC1(Sc2ccccc2)CCCC1)C1CCNCC1. The minimum Gasteiger partial charge on any atom is -0.354 e. The third kappa shape index (κ3) is 5.13. The van der Waals surface area contributed by atoms with Crippen LogP contribution in [-0.4, -0.2) is 30.3 Å². The van der Waals surface area contributed by atoms with Crippen molar-refractivity contribution in [2.45, 2.75) is 48.2 Å². The van der Waals surface area contributed by atoms with Gasteiger partial charge in [0.05, 0.1) is 0 Å². The number of rotatable bonds is 5. The first-order chi connectivity index (χ1) is 10.8. The van der Waals surface area contributed by atoms with E-state index in [1.165, 1.54) is 30.6 Å². The molecule has 1 saturated heterocycles. The second-order valence-corrected chi connectivity index (χ2v) is 8.09. The maximum Gasteiger partial charge on any atom is 0.223 e. The molecule has 1 aliphatic heterocycles. The molecule has 0 radical (unpaired) electrons. The summed E-state index contributed by atoms with van der Waals surface area (Å²) in [6.45, 7) is 2.76. The summed E-state index contributed by atoms with van der Waals surface area (Å²) >= 11 is 1.96. The molecule has 0 atom stereocenters. The Hall–Kier alpha value is -0.710. The predicted octanol–water partition coefficient (Wildman–Crippen LogP) is 3.63. The van der Waals surface area contributed by atoms with E-state index in [0.29, 0.717) is 0 Å². The van der Waals surface area contributed by atoms with Crippen molar-refractivity contribution in [3.8, 4) is 0 Å². The lowest BCUT2D eigenvalue weighted by molar-refractivity contribution is -0.125. The average molecular weight is 355 g/mol. The van der Waals surface area contributed by atoms with Gasteiger partial charge in [0.1, 0.15) is 0 Å². The summed E-state index contributed by atoms with van der Waals surface area (Å²) in [6.07, 6.45) is 6.93. The molecule has 3 rings (SSSR count). The first-order valence-electron chi connectivity index (χ1n) is 8.50. The van der Waals surface area contributed by atoms with E-state index >= 15 is 0 Å². The van der Waals surface area contributed by atoms with Gasteiger partial charge in [-0.25, -0.2) is 0 Å². The second kappa shape index (κ2) is 8.95. The molecule has 1 amide bonds. The van der Waals surface area contributed by atoms with Gasteiger partial charge >= 0.3 is 0 Å². The van der Waals surface area contributed by atoms with Crippen LogP contribution >= 0.6 is 24.2 Å². The molecule has 2 fully saturated rings. The maximum absolute atomic E-state index is 12.4. The molecule has 1 saturated carbocycles. The van der Waals surface area contributed by atoms with Crippen molar-refractivity contribution in [2.75, 3.05) is 19.6 Å². The molecule has 128 valence electrons. The molecule has 2 N–H and O–H groups in total. The Morgan fingerprint density at radius 2 is 1.83 bits per heavy atom. The number of hydrogen-bond acceptors (Lipinski definition) is 3. The number of hydrogen-bond donors (Lipinski definition) is 2. The highest BCUT2D eigenvalue weighted by molar-refractivity contribution is 8.00. The lowest BCUT2D eigenvalue weighted by Gasteiger charge is -2.30. The summed E-state index contributed by atoms with van der Waals surface area (Å²) in [4.78, 5) is 13.7. The number of piperidine rings is 1. The zero-order valence-corrected chi connectivity index (χ0v) is 15.2. The van der Waals surface area contributed by atoms with Crippen molar-refractivity contribution in [3.63, 3.8) is 0 Å². The molecule has 0 unspecified atom stereocenters. The fourth-order valence-corrected chi connectivity index (χ4v) is 4.98. The molecule has 1 heterocycles. The van der Waals surface area contributed by atoms with E-state index in [1.54, 1.807) is 0 Å². The van der Waals surface area contributed by atoms with Crippen LogP contribution in [0.4, 0.5) is 0 Å². The predicted molar refractivity (Wildman–Crippen MR) is 99.3 cm³/mol. The fourth-order valence-electron chi connectivity index (χ4n) is 3.55. The Bertz CT molecular complexity index is 485. The number of nitrogens with one attached hydrogen (secondary N) is 2. The number of amides is 1. The van der Waals surface area contributed by atoms with Gasteiger partial charge in [-0.3, -0.25) is 4.79 Å². The molecule has 1 aromatic rings. The van der Waals surface area contributed by atoms with Crippen LogP contribution in [0.5, 0.6) is 0 Å². The topological polar surface area (TPSA) is 41.1 Å². The van der Waals surface area contributed by atoms with Crippen LogP contribution in [0.1, 0.15) is 38.5 Å². The molecule has 0 aromatic heterocycles. The highest BCUT2D eigenvalue weighted by Crippen LogP contribution is 2.44. The monoisotopic (exact) mass is 354 g/mol. The van der Waals surface area contributed by atoms with Gasteiger partial charge in [-0.15, -0.1) is 24.2 Å². The van der Waals surface area contributed by atoms with Crippen molar-refractivity contribution < 1.29 is 4.79 Å². The van der Waals surface area contributed by atoms with E-state index in [4.69, 9.17) is 0 Å². The molecule has 0 spiro atoms. The Morgan fingerprint density at radius 1 is 1.17 bits per heavy atom. The van der Waals surface area contributed by atoms with Gasteiger partial charge < -0.3 is 10.6 Å². The van der Waals surface area contributed by atoms with Gasteiger partial charge in [-0.05, 0) is 50.9 Å². The molecule has 2 aliphatic rings. The van der Waals surface area contributed by atoms with Crippen molar-refractivity contribution in [1.29, 1.82) is 0 Å². The smallest absolute Gasteiger partial charge is 0.223 e. The zero-order chi connectivity index (χ0) is 15.3. The summed E-state index contributed by atoms with van der Waals surface area (Å²) in [5, 5.41) is 6.59. The molecule has 1 aromatic carbocycles. The molecule has 3 nitrogen and oxygen atoms in total. The Kier molecular flexibility index (Phi) is 7.25. The molecule has 0 bridgehead atoms. The van der Waals surface area contributed by atoms with Crippen LogP contribution in [0.25, 0.3) is 0 Å². The molecule has 23 heavy (non-hydrogen) atoms. The Balaban J connectivity index is 0.00000192. The zero-order valence-electron chi connectivity index (χ0n) is 13.6. The van der Waals surface area contributed by atoms with Crippen molar-refractivity contribution in [1.82, 2.24) is 10.6 Å². The Morgan fingerprint density at radius 3 is 2.48 bits per heavy atom. The first-order valence-corrected chi connectivity index (χ1v) is 9.32. The quantitative estimate of drug-likeness (QED) is 0.848. The van der Waals surface area contributed by atoms with Gasteiger partial charge in [0.25, 0.3) is 0 Å². The van der Waals surface area contributed by atoms with Gasteiger partial charge in [0.2, 0.25) is 5.91 Å². The third-order valence-corrected chi connectivity index (χ3v) is 6.38. The van der Waals surface area contributed by atoms with Crippen LogP contribution in [-0.2, 0) is 4.79 Å². The summed E-state index contributed by atoms with van der Waals surface area (Å²) in [5.74, 6) is 0.475. The lowest BCUT2D eigenvalue weighted by atomic mass is 9.97. The summed E-state index contributed by atoms with van der Waals surface area (Å²) in [5.41, 5.74) is 0. The average Bonchev–Trinajstić information content (AvgIpc) is 3.03. The van der Waals surface area contributed by atoms with E-state index in [1.807, 2.05) is 11.8 Å². The number of carbonyl (C=O) groups excluding carboxylic acids is 1. The highest BCUT2D eigenvalue weighted by Gasteiger charge is 2.36.